The zero-order valence-electron chi connectivity index (χ0n) is 12.9. The van der Waals surface area contributed by atoms with Gasteiger partial charge >= 0.3 is 0 Å². The Labute approximate surface area is 121 Å². The molecular formula is C15H27N5. The fourth-order valence-electron chi connectivity index (χ4n) is 3.71. The van der Waals surface area contributed by atoms with Gasteiger partial charge in [0.2, 0.25) is 0 Å². The van der Waals surface area contributed by atoms with Crippen LogP contribution in [0.1, 0.15) is 51.1 Å². The molecule has 0 saturated carbocycles. The molecule has 0 aliphatic carbocycles. The maximum Gasteiger partial charge on any atom is 0.148 e. The molecule has 1 aromatic heterocycles. The molecule has 1 aromatic rings. The van der Waals surface area contributed by atoms with E-state index in [9.17, 15) is 0 Å². The Morgan fingerprint density at radius 2 is 2.10 bits per heavy atom. The van der Waals surface area contributed by atoms with Gasteiger partial charge in [-0.15, -0.1) is 0 Å². The largest absolute Gasteiger partial charge is 0.394 e. The van der Waals surface area contributed by atoms with Crippen molar-refractivity contribution in [1.29, 1.82) is 0 Å². The van der Waals surface area contributed by atoms with Crippen molar-refractivity contribution in [3.8, 4) is 0 Å². The van der Waals surface area contributed by atoms with E-state index in [-0.39, 0.29) is 0 Å². The second kappa shape index (κ2) is 5.28. The lowest BCUT2D eigenvalue weighted by molar-refractivity contribution is 0.188. The predicted molar refractivity (Wildman–Crippen MR) is 82.9 cm³/mol. The highest BCUT2D eigenvalue weighted by molar-refractivity contribution is 5.66. The minimum atomic E-state index is 0.369. The van der Waals surface area contributed by atoms with Crippen LogP contribution in [0.25, 0.3) is 0 Å². The van der Waals surface area contributed by atoms with E-state index in [1.165, 1.54) is 38.8 Å². The highest BCUT2D eigenvalue weighted by Crippen LogP contribution is 2.32. The van der Waals surface area contributed by atoms with Crippen LogP contribution in [0.3, 0.4) is 0 Å². The Morgan fingerprint density at radius 1 is 1.30 bits per heavy atom. The van der Waals surface area contributed by atoms with Gasteiger partial charge in [-0.05, 0) is 38.1 Å². The molecule has 2 fully saturated rings. The summed E-state index contributed by atoms with van der Waals surface area (Å²) < 4.78 is 1.91. The minimum Gasteiger partial charge on any atom is -0.394 e. The van der Waals surface area contributed by atoms with Crippen LogP contribution >= 0.6 is 0 Å². The second-order valence-electron chi connectivity index (χ2n) is 6.62. The summed E-state index contributed by atoms with van der Waals surface area (Å²) >= 11 is 0. The highest BCUT2D eigenvalue weighted by atomic mass is 15.3. The molecule has 2 atom stereocenters. The lowest BCUT2D eigenvalue weighted by Crippen LogP contribution is -2.43. The third-order valence-electron chi connectivity index (χ3n) is 4.82. The lowest BCUT2D eigenvalue weighted by Gasteiger charge is -2.35. The predicted octanol–water partition coefficient (Wildman–Crippen LogP) is 2.16. The first-order chi connectivity index (χ1) is 9.56. The normalized spacial score (nSPS) is 27.0. The van der Waals surface area contributed by atoms with Gasteiger partial charge in [-0.1, -0.05) is 13.8 Å². The zero-order chi connectivity index (χ0) is 14.3. The molecule has 0 amide bonds. The number of hydrogen-bond acceptors (Lipinski definition) is 4. The van der Waals surface area contributed by atoms with Gasteiger partial charge in [-0.2, -0.15) is 5.10 Å². The monoisotopic (exact) mass is 277 g/mol. The molecule has 20 heavy (non-hydrogen) atoms. The van der Waals surface area contributed by atoms with Crippen LogP contribution in [0.5, 0.6) is 0 Å². The molecule has 0 bridgehead atoms. The van der Waals surface area contributed by atoms with Crippen LogP contribution in [-0.4, -0.2) is 39.9 Å². The van der Waals surface area contributed by atoms with E-state index in [0.717, 1.165) is 23.2 Å². The van der Waals surface area contributed by atoms with Crippen molar-refractivity contribution in [2.45, 2.75) is 57.5 Å². The van der Waals surface area contributed by atoms with Crippen molar-refractivity contribution < 1.29 is 0 Å². The SMILES string of the molecule is CC(C)c1nn(C)c(NC2CCN3CCCC3C2)c1N. The average molecular weight is 277 g/mol. The number of aryl methyl sites for hydroxylation is 1. The molecule has 5 heteroatoms. The van der Waals surface area contributed by atoms with E-state index in [1.54, 1.807) is 0 Å². The molecule has 2 saturated heterocycles. The fraction of sp³-hybridized carbons (Fsp3) is 0.800. The Hall–Kier alpha value is -1.23. The number of nitrogens with one attached hydrogen (secondary N) is 1. The number of aromatic nitrogens is 2. The molecule has 3 rings (SSSR count). The summed E-state index contributed by atoms with van der Waals surface area (Å²) in [6.45, 7) is 6.79. The molecule has 2 aliphatic rings. The van der Waals surface area contributed by atoms with Crippen LogP contribution < -0.4 is 11.1 Å². The molecule has 3 heterocycles. The van der Waals surface area contributed by atoms with Gasteiger partial charge in [-0.3, -0.25) is 4.68 Å². The van der Waals surface area contributed by atoms with Gasteiger partial charge in [0, 0.05) is 25.7 Å². The van der Waals surface area contributed by atoms with E-state index in [4.69, 9.17) is 5.73 Å². The fourth-order valence-corrected chi connectivity index (χ4v) is 3.71. The number of anilines is 2. The summed E-state index contributed by atoms with van der Waals surface area (Å²) in [7, 11) is 1.98. The first kappa shape index (κ1) is 13.7. The smallest absolute Gasteiger partial charge is 0.148 e. The van der Waals surface area contributed by atoms with Crippen molar-refractivity contribution >= 4 is 11.5 Å². The number of nitrogens with two attached hydrogens (primary N) is 1. The van der Waals surface area contributed by atoms with Gasteiger partial charge in [0.05, 0.1) is 11.4 Å². The van der Waals surface area contributed by atoms with E-state index in [1.807, 2.05) is 11.7 Å². The van der Waals surface area contributed by atoms with Crippen LogP contribution in [0, 0.1) is 0 Å². The highest BCUT2D eigenvalue weighted by Gasteiger charge is 2.32. The standard InChI is InChI=1S/C15H27N5/c1-10(2)14-13(16)15(19(3)18-14)17-11-6-8-20-7-4-5-12(20)9-11/h10-12,17H,4-9,16H2,1-3H3. The summed E-state index contributed by atoms with van der Waals surface area (Å²) in [6.07, 6.45) is 5.17. The van der Waals surface area contributed by atoms with Crippen LogP contribution in [0.4, 0.5) is 11.5 Å². The van der Waals surface area contributed by atoms with Crippen molar-refractivity contribution in [1.82, 2.24) is 14.7 Å². The number of rotatable bonds is 3. The topological polar surface area (TPSA) is 59.1 Å². The lowest BCUT2D eigenvalue weighted by atomic mass is 9.97. The average Bonchev–Trinajstić information content (AvgIpc) is 2.97. The van der Waals surface area contributed by atoms with Gasteiger partial charge < -0.3 is 16.0 Å². The summed E-state index contributed by atoms with van der Waals surface area (Å²) in [5, 5.41) is 8.21. The molecule has 3 N–H and O–H groups in total. The van der Waals surface area contributed by atoms with Crippen molar-refractivity contribution in [2.24, 2.45) is 7.05 Å². The molecular weight excluding hydrogens is 250 g/mol. The van der Waals surface area contributed by atoms with Crippen LogP contribution in [-0.2, 0) is 7.05 Å². The molecule has 0 spiro atoms. The Bertz CT molecular complexity index is 479. The number of hydrogen-bond donors (Lipinski definition) is 2. The third kappa shape index (κ3) is 2.39. The van der Waals surface area contributed by atoms with E-state index >= 15 is 0 Å². The van der Waals surface area contributed by atoms with E-state index < -0.39 is 0 Å². The van der Waals surface area contributed by atoms with E-state index in [0.29, 0.717) is 12.0 Å². The molecule has 5 nitrogen and oxygen atoms in total. The number of piperidine rings is 1. The number of nitrogen functional groups attached to an aromatic ring is 1. The number of nitrogens with zero attached hydrogens (tertiary/aromatic N) is 3. The summed E-state index contributed by atoms with van der Waals surface area (Å²) in [5.41, 5.74) is 8.11. The first-order valence-electron chi connectivity index (χ1n) is 7.89. The first-order valence-corrected chi connectivity index (χ1v) is 7.89. The third-order valence-corrected chi connectivity index (χ3v) is 4.82. The van der Waals surface area contributed by atoms with Crippen LogP contribution in [0.2, 0.25) is 0 Å². The van der Waals surface area contributed by atoms with E-state index in [2.05, 4.69) is 29.2 Å². The summed E-state index contributed by atoms with van der Waals surface area (Å²) in [5.74, 6) is 1.37. The zero-order valence-corrected chi connectivity index (χ0v) is 12.9. The Kier molecular flexibility index (Phi) is 3.63. The Balaban J connectivity index is 1.72. The quantitative estimate of drug-likeness (QED) is 0.889. The van der Waals surface area contributed by atoms with Gasteiger partial charge in [0.25, 0.3) is 0 Å². The second-order valence-corrected chi connectivity index (χ2v) is 6.62. The summed E-state index contributed by atoms with van der Waals surface area (Å²) in [4.78, 5) is 2.64. The minimum absolute atomic E-state index is 0.369. The maximum absolute atomic E-state index is 6.27. The Morgan fingerprint density at radius 3 is 2.80 bits per heavy atom. The van der Waals surface area contributed by atoms with Crippen LogP contribution in [0.15, 0.2) is 0 Å². The summed E-state index contributed by atoms with van der Waals surface area (Å²) in [6, 6.07) is 1.31. The maximum atomic E-state index is 6.27. The molecule has 112 valence electrons. The van der Waals surface area contributed by atoms with Crippen molar-refractivity contribution in [3.05, 3.63) is 5.69 Å². The van der Waals surface area contributed by atoms with Gasteiger partial charge in [0.1, 0.15) is 5.82 Å². The van der Waals surface area contributed by atoms with Gasteiger partial charge in [0.15, 0.2) is 0 Å². The molecule has 2 aliphatic heterocycles. The molecule has 2 unspecified atom stereocenters. The number of fused-ring (bicyclic) bond motifs is 1. The molecule has 0 radical (unpaired) electrons. The van der Waals surface area contributed by atoms with Crippen molar-refractivity contribution in [2.75, 3.05) is 24.1 Å². The van der Waals surface area contributed by atoms with Crippen molar-refractivity contribution in [3.63, 3.8) is 0 Å². The molecule has 0 aromatic carbocycles. The van der Waals surface area contributed by atoms with Gasteiger partial charge in [-0.25, -0.2) is 0 Å².